The van der Waals surface area contributed by atoms with Gasteiger partial charge in [0.25, 0.3) is 0 Å². The topological polar surface area (TPSA) is 29.3 Å². The van der Waals surface area contributed by atoms with E-state index in [1.165, 1.54) is 16.5 Å². The molecule has 1 unspecified atom stereocenters. The van der Waals surface area contributed by atoms with Gasteiger partial charge in [0.2, 0.25) is 0 Å². The third-order valence-electron chi connectivity index (χ3n) is 2.81. The van der Waals surface area contributed by atoms with Crippen molar-refractivity contribution in [1.29, 1.82) is 0 Å². The van der Waals surface area contributed by atoms with E-state index in [1.807, 2.05) is 12.3 Å². The second-order valence-electron chi connectivity index (χ2n) is 3.74. The average molecular weight is 196 g/mol. The number of rotatable bonds is 1. The van der Waals surface area contributed by atoms with E-state index >= 15 is 0 Å². The third kappa shape index (κ3) is 1.22. The molecule has 0 spiro atoms. The number of hydrogen-bond acceptors (Lipinski definition) is 2. The van der Waals surface area contributed by atoms with Crippen LogP contribution in [0.1, 0.15) is 0 Å². The highest BCUT2D eigenvalue weighted by molar-refractivity contribution is 5.95. The van der Waals surface area contributed by atoms with Gasteiger partial charge in [-0.1, -0.05) is 36.4 Å². The highest BCUT2D eigenvalue weighted by atomic mass is 15.2. The standard InChI is InChI=1S/C13H12N2/c14-13-8-9-15(13)12-7-3-5-10-4-1-2-6-11(10)12/h1-9,13H,14H2. The summed E-state index contributed by atoms with van der Waals surface area (Å²) < 4.78 is 0. The minimum atomic E-state index is 0.0239. The number of nitrogens with two attached hydrogens (primary N) is 1. The molecule has 0 saturated heterocycles. The van der Waals surface area contributed by atoms with Crippen LogP contribution in [0.2, 0.25) is 0 Å². The lowest BCUT2D eigenvalue weighted by molar-refractivity contribution is 0.759. The average Bonchev–Trinajstić information content (AvgIpc) is 2.28. The van der Waals surface area contributed by atoms with E-state index in [4.69, 9.17) is 5.73 Å². The van der Waals surface area contributed by atoms with Crippen LogP contribution in [0, 0.1) is 0 Å². The monoisotopic (exact) mass is 196 g/mol. The van der Waals surface area contributed by atoms with Crippen molar-refractivity contribution in [3.05, 3.63) is 54.7 Å². The predicted molar refractivity (Wildman–Crippen MR) is 63.5 cm³/mol. The molecule has 2 N–H and O–H groups in total. The van der Waals surface area contributed by atoms with Gasteiger partial charge in [0.05, 0.1) is 5.69 Å². The molecule has 1 aliphatic heterocycles. The van der Waals surface area contributed by atoms with Crippen molar-refractivity contribution >= 4 is 16.5 Å². The molecular weight excluding hydrogens is 184 g/mol. The number of anilines is 1. The lowest BCUT2D eigenvalue weighted by Gasteiger charge is -2.33. The quantitative estimate of drug-likeness (QED) is 0.759. The Morgan fingerprint density at radius 1 is 1.00 bits per heavy atom. The van der Waals surface area contributed by atoms with Crippen LogP contribution in [-0.2, 0) is 0 Å². The molecule has 1 atom stereocenters. The molecular formula is C13H12N2. The van der Waals surface area contributed by atoms with Crippen LogP contribution in [0.4, 0.5) is 5.69 Å². The summed E-state index contributed by atoms with van der Waals surface area (Å²) in [6, 6.07) is 14.6. The summed E-state index contributed by atoms with van der Waals surface area (Å²) >= 11 is 0. The van der Waals surface area contributed by atoms with Gasteiger partial charge in [-0.2, -0.15) is 0 Å². The Hall–Kier alpha value is -1.80. The minimum absolute atomic E-state index is 0.0239. The second-order valence-corrected chi connectivity index (χ2v) is 3.74. The molecule has 3 rings (SSSR count). The Labute approximate surface area is 88.6 Å². The normalized spacial score (nSPS) is 19.3. The van der Waals surface area contributed by atoms with Crippen molar-refractivity contribution in [2.75, 3.05) is 4.90 Å². The molecule has 0 saturated carbocycles. The van der Waals surface area contributed by atoms with Crippen molar-refractivity contribution in [1.82, 2.24) is 0 Å². The second kappa shape index (κ2) is 3.11. The van der Waals surface area contributed by atoms with E-state index in [0.29, 0.717) is 0 Å². The van der Waals surface area contributed by atoms with E-state index in [0.717, 1.165) is 0 Å². The highest BCUT2D eigenvalue weighted by Crippen LogP contribution is 2.30. The summed E-state index contributed by atoms with van der Waals surface area (Å²) in [5, 5.41) is 2.50. The molecule has 0 fully saturated rings. The fourth-order valence-corrected chi connectivity index (χ4v) is 1.95. The number of benzene rings is 2. The van der Waals surface area contributed by atoms with Gasteiger partial charge in [-0.05, 0) is 17.5 Å². The molecule has 74 valence electrons. The molecule has 0 radical (unpaired) electrons. The van der Waals surface area contributed by atoms with Crippen LogP contribution in [0.3, 0.4) is 0 Å². The van der Waals surface area contributed by atoms with Crippen molar-refractivity contribution < 1.29 is 0 Å². The Kier molecular flexibility index (Phi) is 1.76. The summed E-state index contributed by atoms with van der Waals surface area (Å²) in [5.41, 5.74) is 7.07. The van der Waals surface area contributed by atoms with Gasteiger partial charge in [0, 0.05) is 11.6 Å². The zero-order chi connectivity index (χ0) is 10.3. The summed E-state index contributed by atoms with van der Waals surface area (Å²) in [7, 11) is 0. The minimum Gasteiger partial charge on any atom is -0.328 e. The van der Waals surface area contributed by atoms with Gasteiger partial charge in [-0.3, -0.25) is 0 Å². The number of nitrogens with zero attached hydrogens (tertiary/aromatic N) is 1. The molecule has 1 aliphatic rings. The van der Waals surface area contributed by atoms with Gasteiger partial charge < -0.3 is 10.6 Å². The zero-order valence-electron chi connectivity index (χ0n) is 8.30. The maximum atomic E-state index is 5.88. The molecule has 2 aromatic carbocycles. The molecule has 2 heteroatoms. The first-order chi connectivity index (χ1) is 7.36. The van der Waals surface area contributed by atoms with E-state index in [-0.39, 0.29) is 6.17 Å². The van der Waals surface area contributed by atoms with E-state index < -0.39 is 0 Å². The fraction of sp³-hybridized carbons (Fsp3) is 0.0769. The van der Waals surface area contributed by atoms with Gasteiger partial charge >= 0.3 is 0 Å². The molecule has 2 nitrogen and oxygen atoms in total. The SMILES string of the molecule is NC1C=CN1c1cccc2ccccc12. The van der Waals surface area contributed by atoms with Crippen LogP contribution < -0.4 is 10.6 Å². The van der Waals surface area contributed by atoms with Crippen LogP contribution >= 0.6 is 0 Å². The van der Waals surface area contributed by atoms with E-state index in [1.54, 1.807) is 0 Å². The van der Waals surface area contributed by atoms with Gasteiger partial charge in [0.1, 0.15) is 6.17 Å². The molecule has 1 heterocycles. The first-order valence-electron chi connectivity index (χ1n) is 5.06. The van der Waals surface area contributed by atoms with Crippen LogP contribution in [0.5, 0.6) is 0 Å². The Balaban J connectivity index is 2.22. The first kappa shape index (κ1) is 8.50. The third-order valence-corrected chi connectivity index (χ3v) is 2.81. The van der Waals surface area contributed by atoms with Gasteiger partial charge in [-0.25, -0.2) is 0 Å². The fourth-order valence-electron chi connectivity index (χ4n) is 1.95. The Morgan fingerprint density at radius 2 is 1.80 bits per heavy atom. The van der Waals surface area contributed by atoms with Crippen LogP contribution in [0.15, 0.2) is 54.7 Å². The molecule has 0 amide bonds. The Bertz CT molecular complexity index is 526. The largest absolute Gasteiger partial charge is 0.328 e. The molecule has 2 aromatic rings. The lowest BCUT2D eigenvalue weighted by atomic mass is 10.1. The summed E-state index contributed by atoms with van der Waals surface area (Å²) in [6.45, 7) is 0. The maximum absolute atomic E-state index is 5.88. The lowest BCUT2D eigenvalue weighted by Crippen LogP contribution is -2.43. The Morgan fingerprint density at radius 3 is 2.53 bits per heavy atom. The number of hydrogen-bond donors (Lipinski definition) is 1. The van der Waals surface area contributed by atoms with Gasteiger partial charge in [0.15, 0.2) is 0 Å². The van der Waals surface area contributed by atoms with Crippen LogP contribution in [-0.4, -0.2) is 6.17 Å². The molecule has 0 bridgehead atoms. The predicted octanol–water partition coefficient (Wildman–Crippen LogP) is 2.46. The van der Waals surface area contributed by atoms with Crippen molar-refractivity contribution in [3.63, 3.8) is 0 Å². The smallest absolute Gasteiger partial charge is 0.102 e. The number of fused-ring (bicyclic) bond motifs is 1. The molecule has 0 aromatic heterocycles. The maximum Gasteiger partial charge on any atom is 0.102 e. The highest BCUT2D eigenvalue weighted by Gasteiger charge is 2.18. The van der Waals surface area contributed by atoms with Gasteiger partial charge in [-0.15, -0.1) is 0 Å². The molecule has 0 aliphatic carbocycles. The first-order valence-corrected chi connectivity index (χ1v) is 5.06. The zero-order valence-corrected chi connectivity index (χ0v) is 8.30. The summed E-state index contributed by atoms with van der Waals surface area (Å²) in [6.07, 6.45) is 4.03. The van der Waals surface area contributed by atoms with Crippen molar-refractivity contribution in [2.24, 2.45) is 5.73 Å². The molecule has 15 heavy (non-hydrogen) atoms. The van der Waals surface area contributed by atoms with E-state index in [2.05, 4.69) is 47.4 Å². The van der Waals surface area contributed by atoms with Crippen molar-refractivity contribution in [2.45, 2.75) is 6.17 Å². The van der Waals surface area contributed by atoms with E-state index in [9.17, 15) is 0 Å². The van der Waals surface area contributed by atoms with Crippen molar-refractivity contribution in [3.8, 4) is 0 Å². The van der Waals surface area contributed by atoms with Crippen LogP contribution in [0.25, 0.3) is 10.8 Å². The summed E-state index contributed by atoms with van der Waals surface area (Å²) in [4.78, 5) is 2.09. The summed E-state index contributed by atoms with van der Waals surface area (Å²) in [5.74, 6) is 0.